The van der Waals surface area contributed by atoms with Gasteiger partial charge in [0.1, 0.15) is 11.6 Å². The van der Waals surface area contributed by atoms with E-state index in [1.165, 1.54) is 6.26 Å². The summed E-state index contributed by atoms with van der Waals surface area (Å²) in [4.78, 5) is 13.3. The number of hydrogen-bond acceptors (Lipinski definition) is 5. The van der Waals surface area contributed by atoms with E-state index in [9.17, 15) is 13.2 Å². The van der Waals surface area contributed by atoms with Crippen LogP contribution in [0.25, 0.3) is 11.1 Å². The number of nitrogens with two attached hydrogens (primary N) is 1. The summed E-state index contributed by atoms with van der Waals surface area (Å²) in [6.07, 6.45) is 2.73. The molecular weight excluding hydrogens is 450 g/mol. The third-order valence-corrected chi connectivity index (χ3v) is 6.44. The average Bonchev–Trinajstić information content (AvgIpc) is 2.82. The van der Waals surface area contributed by atoms with Gasteiger partial charge >= 0.3 is 0 Å². The first-order valence-corrected chi connectivity index (χ1v) is 12.9. The van der Waals surface area contributed by atoms with Gasteiger partial charge in [-0.15, -0.1) is 0 Å². The van der Waals surface area contributed by atoms with Crippen LogP contribution in [0.1, 0.15) is 31.7 Å². The second kappa shape index (κ2) is 11.0. The smallest absolute Gasteiger partial charge is 0.265 e. The van der Waals surface area contributed by atoms with Crippen LogP contribution in [0.5, 0.6) is 5.75 Å². The van der Waals surface area contributed by atoms with Gasteiger partial charge in [-0.25, -0.2) is 8.42 Å². The van der Waals surface area contributed by atoms with Gasteiger partial charge in [-0.05, 0) is 48.7 Å². The Hall–Kier alpha value is -3.65. The maximum Gasteiger partial charge on any atom is 0.265 e. The van der Waals surface area contributed by atoms with Gasteiger partial charge in [0.15, 0.2) is 15.9 Å². The quantitative estimate of drug-likeness (QED) is 0.289. The molecule has 4 N–H and O–H groups in total. The summed E-state index contributed by atoms with van der Waals surface area (Å²) >= 11 is 0. The zero-order valence-corrected chi connectivity index (χ0v) is 20.1. The molecule has 3 aromatic rings. The summed E-state index contributed by atoms with van der Waals surface area (Å²) in [6.45, 7) is 2.04. The van der Waals surface area contributed by atoms with Gasteiger partial charge in [-0.2, -0.15) is 0 Å². The highest BCUT2D eigenvalue weighted by molar-refractivity contribution is 7.90. The normalized spacial score (nSPS) is 12.1. The molecule has 0 fully saturated rings. The Morgan fingerprint density at radius 1 is 1.06 bits per heavy atom. The molecule has 3 rings (SSSR count). The maximum atomic E-state index is 13.0. The lowest BCUT2D eigenvalue weighted by Gasteiger charge is -2.19. The fraction of sp³-hybridized carbons (Fsp3) is 0.231. The van der Waals surface area contributed by atoms with Crippen molar-refractivity contribution in [1.29, 1.82) is 5.41 Å². The number of amidine groups is 1. The van der Waals surface area contributed by atoms with Gasteiger partial charge in [-0.3, -0.25) is 10.2 Å². The molecule has 1 unspecified atom stereocenters. The molecule has 0 bridgehead atoms. The van der Waals surface area contributed by atoms with Crippen LogP contribution < -0.4 is 15.8 Å². The zero-order chi connectivity index (χ0) is 24.7. The van der Waals surface area contributed by atoms with Gasteiger partial charge in [0.25, 0.3) is 5.91 Å². The Bertz CT molecular complexity index is 1270. The molecule has 0 aliphatic carbocycles. The first-order valence-electron chi connectivity index (χ1n) is 11.0. The van der Waals surface area contributed by atoms with Crippen LogP contribution in [0.2, 0.25) is 0 Å². The Labute approximate surface area is 200 Å². The Balaban J connectivity index is 1.77. The minimum Gasteiger partial charge on any atom is -0.481 e. The molecular formula is C26H29N3O4S. The van der Waals surface area contributed by atoms with E-state index in [0.717, 1.165) is 18.4 Å². The van der Waals surface area contributed by atoms with Crippen molar-refractivity contribution >= 4 is 27.3 Å². The second-order valence-corrected chi connectivity index (χ2v) is 10.0. The van der Waals surface area contributed by atoms with Gasteiger partial charge < -0.3 is 15.8 Å². The van der Waals surface area contributed by atoms with E-state index < -0.39 is 15.9 Å². The number of hydrogen-bond donors (Lipinski definition) is 3. The molecule has 8 heteroatoms. The number of nitrogens with one attached hydrogen (secondary N) is 2. The summed E-state index contributed by atoms with van der Waals surface area (Å²) in [7, 11) is -3.38. The Morgan fingerprint density at radius 3 is 2.41 bits per heavy atom. The number of sulfone groups is 1. The number of unbranched alkanes of at least 4 members (excludes halogenated alkanes) is 1. The molecule has 0 aliphatic heterocycles. The highest BCUT2D eigenvalue weighted by Crippen LogP contribution is 2.28. The molecule has 0 aromatic heterocycles. The predicted molar refractivity (Wildman–Crippen MR) is 135 cm³/mol. The summed E-state index contributed by atoms with van der Waals surface area (Å²) in [5.41, 5.74) is 8.00. The van der Waals surface area contributed by atoms with Crippen LogP contribution in [0, 0.1) is 5.41 Å². The monoisotopic (exact) mass is 479 g/mol. The first-order chi connectivity index (χ1) is 16.2. The van der Waals surface area contributed by atoms with Gasteiger partial charge in [-0.1, -0.05) is 55.8 Å². The molecule has 34 heavy (non-hydrogen) atoms. The van der Waals surface area contributed by atoms with Gasteiger partial charge in [0.05, 0.1) is 4.90 Å². The Morgan fingerprint density at radius 2 is 1.76 bits per heavy atom. The molecule has 0 saturated heterocycles. The Kier molecular flexibility index (Phi) is 8.07. The van der Waals surface area contributed by atoms with E-state index in [0.29, 0.717) is 29.0 Å². The molecule has 7 nitrogen and oxygen atoms in total. The molecule has 0 saturated carbocycles. The zero-order valence-electron chi connectivity index (χ0n) is 19.2. The van der Waals surface area contributed by atoms with Gasteiger partial charge in [0, 0.05) is 23.1 Å². The number of nitrogen functional groups attached to an aromatic ring is 1. The van der Waals surface area contributed by atoms with Crippen molar-refractivity contribution in [3.63, 3.8) is 0 Å². The van der Waals surface area contributed by atoms with Crippen molar-refractivity contribution in [3.8, 4) is 16.9 Å². The predicted octanol–water partition coefficient (Wildman–Crippen LogP) is 4.62. The summed E-state index contributed by atoms with van der Waals surface area (Å²) in [6, 6.07) is 20.6. The highest BCUT2D eigenvalue weighted by Gasteiger charge is 2.21. The number of carbonyl (C=O) groups is 1. The van der Waals surface area contributed by atoms with E-state index in [-0.39, 0.29) is 16.6 Å². The van der Waals surface area contributed by atoms with Crippen molar-refractivity contribution in [2.45, 2.75) is 37.2 Å². The maximum absolute atomic E-state index is 13.0. The highest BCUT2D eigenvalue weighted by atomic mass is 32.2. The first kappa shape index (κ1) is 25.0. The van der Waals surface area contributed by atoms with E-state index in [4.69, 9.17) is 15.9 Å². The van der Waals surface area contributed by atoms with Crippen LogP contribution in [0.3, 0.4) is 0 Å². The van der Waals surface area contributed by atoms with Crippen molar-refractivity contribution < 1.29 is 17.9 Å². The number of ether oxygens (including phenoxy) is 1. The van der Waals surface area contributed by atoms with Crippen molar-refractivity contribution in [1.82, 2.24) is 0 Å². The lowest BCUT2D eigenvalue weighted by atomic mass is 10.1. The molecule has 1 amide bonds. The molecule has 178 valence electrons. The third-order valence-electron chi connectivity index (χ3n) is 5.29. The van der Waals surface area contributed by atoms with E-state index in [1.807, 2.05) is 6.92 Å². The molecule has 1 atom stereocenters. The second-order valence-electron chi connectivity index (χ2n) is 8.03. The third kappa shape index (κ3) is 6.45. The van der Waals surface area contributed by atoms with E-state index in [2.05, 4.69) is 5.32 Å². The van der Waals surface area contributed by atoms with Crippen LogP contribution in [-0.2, 0) is 14.6 Å². The topological polar surface area (TPSA) is 122 Å². The molecule has 0 aliphatic rings. The van der Waals surface area contributed by atoms with Crippen molar-refractivity contribution in [3.05, 3.63) is 78.4 Å². The lowest BCUT2D eigenvalue weighted by molar-refractivity contribution is -0.123. The van der Waals surface area contributed by atoms with Crippen LogP contribution in [0.4, 0.5) is 5.69 Å². The van der Waals surface area contributed by atoms with Gasteiger partial charge in [0.2, 0.25) is 0 Å². The minimum atomic E-state index is -3.38. The summed E-state index contributed by atoms with van der Waals surface area (Å²) in [5.74, 6) is 0.111. The summed E-state index contributed by atoms with van der Waals surface area (Å²) < 4.78 is 30.2. The SMILES string of the molecule is CCCCC(Oc1cccc(C(=N)N)c1)C(=O)Nc1ccc(-c2ccccc2S(C)(=O)=O)cc1. The average molecular weight is 480 g/mol. The van der Waals surface area contributed by atoms with E-state index in [1.54, 1.807) is 72.8 Å². The fourth-order valence-corrected chi connectivity index (χ4v) is 4.43. The number of amides is 1. The largest absolute Gasteiger partial charge is 0.481 e. The minimum absolute atomic E-state index is 0.0717. The van der Waals surface area contributed by atoms with Crippen LogP contribution in [-0.4, -0.2) is 32.5 Å². The number of benzene rings is 3. The lowest BCUT2D eigenvalue weighted by Crippen LogP contribution is -2.33. The van der Waals surface area contributed by atoms with Crippen molar-refractivity contribution in [2.24, 2.45) is 5.73 Å². The molecule has 0 radical (unpaired) electrons. The standard InChI is InChI=1S/C26H29N3O4S/c1-3-4-11-23(33-21-9-7-8-19(17-21)25(27)28)26(30)29-20-15-13-18(14-16-20)22-10-5-6-12-24(22)34(2,31)32/h5-10,12-17,23H,3-4,11H2,1-2H3,(H3,27,28)(H,29,30). The summed E-state index contributed by atoms with van der Waals surface area (Å²) in [5, 5.41) is 10.5. The number of anilines is 1. The molecule has 0 spiro atoms. The van der Waals surface area contributed by atoms with Crippen LogP contribution in [0.15, 0.2) is 77.7 Å². The molecule has 0 heterocycles. The van der Waals surface area contributed by atoms with Crippen molar-refractivity contribution in [2.75, 3.05) is 11.6 Å². The molecule has 3 aromatic carbocycles. The van der Waals surface area contributed by atoms with Crippen LogP contribution >= 0.6 is 0 Å². The number of carbonyl (C=O) groups excluding carboxylic acids is 1. The number of rotatable bonds is 10. The van der Waals surface area contributed by atoms with E-state index >= 15 is 0 Å². The fourth-order valence-electron chi connectivity index (χ4n) is 3.52.